The van der Waals surface area contributed by atoms with Crippen molar-refractivity contribution in [2.75, 3.05) is 19.4 Å². The van der Waals surface area contributed by atoms with Crippen LogP contribution in [-0.4, -0.2) is 46.0 Å². The molecule has 2 fully saturated rings. The summed E-state index contributed by atoms with van der Waals surface area (Å²) in [6, 6.07) is 18.7. The minimum Gasteiger partial charge on any atom is -0.489 e. The lowest BCUT2D eigenvalue weighted by atomic mass is 9.82. The highest BCUT2D eigenvalue weighted by molar-refractivity contribution is 7.88. The maximum absolute atomic E-state index is 11.7. The zero-order valence-corrected chi connectivity index (χ0v) is 20.2. The van der Waals surface area contributed by atoms with E-state index < -0.39 is 10.0 Å². The summed E-state index contributed by atoms with van der Waals surface area (Å²) < 4.78 is 38.4. The SMILES string of the molecule is CS(=O)(=O)NC1CCCNC1COC1CCC(c2cccc(OCc3ccccc3)c2)CC1. The number of nitrogens with one attached hydrogen (secondary N) is 2. The van der Waals surface area contributed by atoms with Crippen LogP contribution in [0.2, 0.25) is 0 Å². The molecule has 0 radical (unpaired) electrons. The van der Waals surface area contributed by atoms with E-state index in [4.69, 9.17) is 9.47 Å². The maximum atomic E-state index is 11.7. The Bertz CT molecular complexity index is 975. The van der Waals surface area contributed by atoms with Gasteiger partial charge in [-0.2, -0.15) is 0 Å². The first kappa shape index (κ1) is 24.2. The van der Waals surface area contributed by atoms with Gasteiger partial charge in [0.25, 0.3) is 0 Å². The number of rotatable bonds is 9. The average molecular weight is 473 g/mol. The van der Waals surface area contributed by atoms with Crippen molar-refractivity contribution < 1.29 is 17.9 Å². The molecule has 7 heteroatoms. The summed E-state index contributed by atoms with van der Waals surface area (Å²) in [4.78, 5) is 0. The molecule has 0 aromatic heterocycles. The van der Waals surface area contributed by atoms with Gasteiger partial charge >= 0.3 is 0 Å². The molecule has 2 aromatic carbocycles. The Hall–Kier alpha value is -1.93. The number of hydrogen-bond acceptors (Lipinski definition) is 5. The molecule has 6 nitrogen and oxygen atoms in total. The van der Waals surface area contributed by atoms with Gasteiger partial charge in [0.15, 0.2) is 0 Å². The van der Waals surface area contributed by atoms with Crippen molar-refractivity contribution in [2.24, 2.45) is 0 Å². The number of benzene rings is 2. The first-order chi connectivity index (χ1) is 16.0. The zero-order chi connectivity index (χ0) is 23.1. The molecule has 1 aliphatic carbocycles. The van der Waals surface area contributed by atoms with Crippen LogP contribution in [0.4, 0.5) is 0 Å². The third-order valence-corrected chi connectivity index (χ3v) is 7.44. The molecule has 33 heavy (non-hydrogen) atoms. The topological polar surface area (TPSA) is 76.7 Å². The molecule has 2 N–H and O–H groups in total. The second-order valence-electron chi connectivity index (χ2n) is 9.35. The lowest BCUT2D eigenvalue weighted by molar-refractivity contribution is 0.00523. The van der Waals surface area contributed by atoms with E-state index in [1.165, 1.54) is 17.4 Å². The van der Waals surface area contributed by atoms with Crippen molar-refractivity contribution >= 4 is 10.0 Å². The van der Waals surface area contributed by atoms with Gasteiger partial charge in [-0.3, -0.25) is 0 Å². The van der Waals surface area contributed by atoms with Gasteiger partial charge < -0.3 is 14.8 Å². The van der Waals surface area contributed by atoms with Crippen LogP contribution in [0.25, 0.3) is 0 Å². The molecule has 1 heterocycles. The summed E-state index contributed by atoms with van der Waals surface area (Å²) >= 11 is 0. The van der Waals surface area contributed by atoms with Crippen LogP contribution in [0.5, 0.6) is 5.75 Å². The second kappa shape index (κ2) is 11.5. The van der Waals surface area contributed by atoms with E-state index in [0.29, 0.717) is 19.1 Å². The summed E-state index contributed by atoms with van der Waals surface area (Å²) in [6.07, 6.45) is 7.52. The lowest BCUT2D eigenvalue weighted by Crippen LogP contribution is -2.55. The Labute approximate surface area is 198 Å². The summed E-state index contributed by atoms with van der Waals surface area (Å²) in [6.45, 7) is 2.03. The van der Waals surface area contributed by atoms with Crippen LogP contribution in [0.15, 0.2) is 54.6 Å². The average Bonchev–Trinajstić information content (AvgIpc) is 2.82. The Morgan fingerprint density at radius 1 is 1.00 bits per heavy atom. The van der Waals surface area contributed by atoms with Crippen LogP contribution >= 0.6 is 0 Å². The molecular weight excluding hydrogens is 436 g/mol. The molecular formula is C26H36N2O4S. The van der Waals surface area contributed by atoms with Crippen molar-refractivity contribution in [3.8, 4) is 5.75 Å². The monoisotopic (exact) mass is 472 g/mol. The largest absolute Gasteiger partial charge is 0.489 e. The van der Waals surface area contributed by atoms with Crippen LogP contribution in [0.3, 0.4) is 0 Å². The molecule has 2 aliphatic rings. The van der Waals surface area contributed by atoms with E-state index in [0.717, 1.165) is 50.8 Å². The maximum Gasteiger partial charge on any atom is 0.209 e. The van der Waals surface area contributed by atoms with E-state index in [-0.39, 0.29) is 18.2 Å². The predicted octanol–water partition coefficient (Wildman–Crippen LogP) is 3.98. The smallest absolute Gasteiger partial charge is 0.209 e. The number of piperidine rings is 1. The number of hydrogen-bond donors (Lipinski definition) is 2. The molecule has 180 valence electrons. The molecule has 4 rings (SSSR count). The highest BCUT2D eigenvalue weighted by Gasteiger charge is 2.29. The summed E-state index contributed by atoms with van der Waals surface area (Å²) in [5, 5.41) is 3.43. The van der Waals surface area contributed by atoms with Crippen LogP contribution in [0, 0.1) is 0 Å². The fourth-order valence-electron chi connectivity index (χ4n) is 4.95. The quantitative estimate of drug-likeness (QED) is 0.577. The van der Waals surface area contributed by atoms with E-state index in [1.54, 1.807) is 0 Å². The van der Waals surface area contributed by atoms with Gasteiger partial charge in [-0.05, 0) is 74.2 Å². The molecule has 2 atom stereocenters. The third kappa shape index (κ3) is 7.54. The highest BCUT2D eigenvalue weighted by Crippen LogP contribution is 2.35. The molecule has 0 bridgehead atoms. The number of ether oxygens (including phenoxy) is 2. The van der Waals surface area contributed by atoms with Crippen molar-refractivity contribution in [3.63, 3.8) is 0 Å². The van der Waals surface area contributed by atoms with Gasteiger partial charge in [0.05, 0.1) is 19.0 Å². The highest BCUT2D eigenvalue weighted by atomic mass is 32.2. The Kier molecular flexibility index (Phi) is 8.41. The van der Waals surface area contributed by atoms with Crippen molar-refractivity contribution in [2.45, 2.75) is 69.2 Å². The second-order valence-corrected chi connectivity index (χ2v) is 11.1. The Balaban J connectivity index is 1.24. The van der Waals surface area contributed by atoms with Gasteiger partial charge in [0.2, 0.25) is 10.0 Å². The summed E-state index contributed by atoms with van der Waals surface area (Å²) in [5.74, 6) is 1.44. The van der Waals surface area contributed by atoms with E-state index in [9.17, 15) is 8.42 Å². The minimum absolute atomic E-state index is 0.0321. The van der Waals surface area contributed by atoms with E-state index in [1.807, 2.05) is 24.3 Å². The van der Waals surface area contributed by atoms with Gasteiger partial charge in [0, 0.05) is 12.1 Å². The minimum atomic E-state index is -3.22. The Morgan fingerprint density at radius 3 is 2.55 bits per heavy atom. The molecule has 0 spiro atoms. The third-order valence-electron chi connectivity index (χ3n) is 6.71. The number of sulfonamides is 1. The van der Waals surface area contributed by atoms with Gasteiger partial charge in [-0.15, -0.1) is 0 Å². The normalized spacial score (nSPS) is 26.1. The molecule has 1 saturated carbocycles. The van der Waals surface area contributed by atoms with Crippen LogP contribution in [0.1, 0.15) is 55.6 Å². The van der Waals surface area contributed by atoms with Crippen LogP contribution < -0.4 is 14.8 Å². The zero-order valence-electron chi connectivity index (χ0n) is 19.4. The molecule has 1 saturated heterocycles. The predicted molar refractivity (Wildman–Crippen MR) is 131 cm³/mol. The van der Waals surface area contributed by atoms with Crippen molar-refractivity contribution in [1.29, 1.82) is 0 Å². The molecule has 2 aromatic rings. The van der Waals surface area contributed by atoms with Crippen molar-refractivity contribution in [1.82, 2.24) is 10.0 Å². The molecule has 1 aliphatic heterocycles. The summed E-state index contributed by atoms with van der Waals surface area (Å²) in [5.41, 5.74) is 2.51. The van der Waals surface area contributed by atoms with E-state index in [2.05, 4.69) is 40.4 Å². The molecule has 0 amide bonds. The molecule has 2 unspecified atom stereocenters. The van der Waals surface area contributed by atoms with Crippen molar-refractivity contribution in [3.05, 3.63) is 65.7 Å². The van der Waals surface area contributed by atoms with Gasteiger partial charge in [0.1, 0.15) is 12.4 Å². The first-order valence-electron chi connectivity index (χ1n) is 12.1. The standard InChI is InChI=1S/C26H36N2O4S/c1-33(29,30)28-25-11-6-16-27-26(25)19-32-23-14-12-21(13-15-23)22-9-5-10-24(17-22)31-18-20-7-3-2-4-8-20/h2-5,7-10,17,21,23,25-28H,6,11-16,18-19H2,1H3. The van der Waals surface area contributed by atoms with Gasteiger partial charge in [-0.25, -0.2) is 13.1 Å². The fourth-order valence-corrected chi connectivity index (χ4v) is 5.78. The summed E-state index contributed by atoms with van der Waals surface area (Å²) in [7, 11) is -3.22. The van der Waals surface area contributed by atoms with Crippen LogP contribution in [-0.2, 0) is 21.4 Å². The first-order valence-corrected chi connectivity index (χ1v) is 13.9. The van der Waals surface area contributed by atoms with E-state index >= 15 is 0 Å². The lowest BCUT2D eigenvalue weighted by Gasteiger charge is -2.35. The fraction of sp³-hybridized carbons (Fsp3) is 0.538. The van der Waals surface area contributed by atoms with Gasteiger partial charge in [-0.1, -0.05) is 42.5 Å². The Morgan fingerprint density at radius 2 is 1.79 bits per heavy atom.